The highest BCUT2D eigenvalue weighted by atomic mass is 79.9. The van der Waals surface area contributed by atoms with Crippen LogP contribution < -0.4 is 0 Å². The molecule has 0 spiro atoms. The molecule has 0 atom stereocenters. The van der Waals surface area contributed by atoms with Crippen molar-refractivity contribution in [2.75, 3.05) is 0 Å². The van der Waals surface area contributed by atoms with E-state index in [9.17, 15) is 0 Å². The van der Waals surface area contributed by atoms with Crippen molar-refractivity contribution >= 4 is 44.9 Å². The predicted octanol–water partition coefficient (Wildman–Crippen LogP) is 5.79. The number of rotatable bonds is 3. The smallest absolute Gasteiger partial charge is 0.0866 e. The van der Waals surface area contributed by atoms with Crippen molar-refractivity contribution in [1.29, 1.82) is 0 Å². The Morgan fingerprint density at radius 2 is 2.00 bits per heavy atom. The van der Waals surface area contributed by atoms with Crippen molar-refractivity contribution in [2.45, 2.75) is 25.5 Å². The summed E-state index contributed by atoms with van der Waals surface area (Å²) in [6, 6.07) is 10.4. The number of thiophene rings is 1. The van der Waals surface area contributed by atoms with Crippen molar-refractivity contribution < 1.29 is 0 Å². The monoisotopic (exact) mass is 353 g/mol. The molecule has 0 aliphatic carbocycles. The van der Waals surface area contributed by atoms with E-state index in [1.165, 1.54) is 5.56 Å². The standard InChI is InChI=1S/C15H16BrNS2/c1-15(2,3)19-17-14(12-7-8-18-10-12)11-5-4-6-13(16)9-11/h4-10H,1-3H3/b17-14+. The molecule has 1 aromatic carbocycles. The second kappa shape index (κ2) is 6.25. The minimum absolute atomic E-state index is 0.118. The van der Waals surface area contributed by atoms with E-state index in [2.05, 4.69) is 65.7 Å². The van der Waals surface area contributed by atoms with Crippen molar-refractivity contribution in [3.8, 4) is 0 Å². The third-order valence-corrected chi connectivity index (χ3v) is 4.30. The SMILES string of the molecule is CC(C)(C)S/N=C(/c1ccsc1)c1cccc(Br)c1. The Hall–Kier alpha value is -0.580. The van der Waals surface area contributed by atoms with Gasteiger partial charge in [-0.1, -0.05) is 28.1 Å². The summed E-state index contributed by atoms with van der Waals surface area (Å²) in [5.74, 6) is 0. The minimum Gasteiger partial charge on any atom is -0.215 e. The Labute approximate surface area is 131 Å². The highest BCUT2D eigenvalue weighted by Crippen LogP contribution is 2.27. The molecule has 0 bridgehead atoms. The molecule has 0 radical (unpaired) electrons. The van der Waals surface area contributed by atoms with Crippen LogP contribution in [0, 0.1) is 0 Å². The van der Waals surface area contributed by atoms with Crippen LogP contribution in [0.5, 0.6) is 0 Å². The molecular weight excluding hydrogens is 338 g/mol. The Morgan fingerprint density at radius 1 is 1.21 bits per heavy atom. The number of hydrogen-bond acceptors (Lipinski definition) is 3. The molecule has 2 rings (SSSR count). The summed E-state index contributed by atoms with van der Waals surface area (Å²) in [5.41, 5.74) is 3.37. The van der Waals surface area contributed by atoms with Crippen molar-refractivity contribution in [2.24, 2.45) is 4.40 Å². The second-order valence-corrected chi connectivity index (χ2v) is 8.45. The fourth-order valence-electron chi connectivity index (χ4n) is 1.49. The Bertz CT molecular complexity index is 568. The van der Waals surface area contributed by atoms with Gasteiger partial charge in [0.2, 0.25) is 0 Å². The van der Waals surface area contributed by atoms with Crippen LogP contribution in [0.1, 0.15) is 31.9 Å². The number of benzene rings is 1. The van der Waals surface area contributed by atoms with E-state index in [-0.39, 0.29) is 4.75 Å². The van der Waals surface area contributed by atoms with E-state index in [4.69, 9.17) is 4.40 Å². The van der Waals surface area contributed by atoms with Gasteiger partial charge in [-0.25, -0.2) is 4.40 Å². The van der Waals surface area contributed by atoms with E-state index in [0.717, 1.165) is 15.7 Å². The molecule has 0 unspecified atom stereocenters. The van der Waals surface area contributed by atoms with E-state index >= 15 is 0 Å². The van der Waals surface area contributed by atoms with Gasteiger partial charge in [0.15, 0.2) is 0 Å². The number of nitrogens with zero attached hydrogens (tertiary/aromatic N) is 1. The van der Waals surface area contributed by atoms with Crippen molar-refractivity contribution in [1.82, 2.24) is 0 Å². The van der Waals surface area contributed by atoms with Crippen LogP contribution in [-0.2, 0) is 0 Å². The van der Waals surface area contributed by atoms with Gasteiger partial charge in [0.05, 0.1) is 5.71 Å². The van der Waals surface area contributed by atoms with Crippen LogP contribution >= 0.6 is 39.2 Å². The molecule has 19 heavy (non-hydrogen) atoms. The zero-order valence-electron chi connectivity index (χ0n) is 11.2. The van der Waals surface area contributed by atoms with Gasteiger partial charge >= 0.3 is 0 Å². The van der Waals surface area contributed by atoms with E-state index in [1.807, 2.05) is 12.1 Å². The lowest BCUT2D eigenvalue weighted by Gasteiger charge is -2.14. The average molecular weight is 354 g/mol. The molecule has 0 saturated carbocycles. The summed E-state index contributed by atoms with van der Waals surface area (Å²) in [4.78, 5) is 0. The highest BCUT2D eigenvalue weighted by Gasteiger charge is 2.13. The number of hydrogen-bond donors (Lipinski definition) is 0. The molecule has 0 amide bonds. The lowest BCUT2D eigenvalue weighted by molar-refractivity contribution is 0.804. The molecule has 100 valence electrons. The summed E-state index contributed by atoms with van der Waals surface area (Å²) in [7, 11) is 0. The Balaban J connectivity index is 2.41. The molecule has 1 heterocycles. The van der Waals surface area contributed by atoms with Crippen LogP contribution in [0.25, 0.3) is 0 Å². The van der Waals surface area contributed by atoms with Crippen molar-refractivity contribution in [3.05, 3.63) is 56.7 Å². The summed E-state index contributed by atoms with van der Waals surface area (Å²) in [5, 5.41) is 4.23. The topological polar surface area (TPSA) is 12.4 Å². The van der Waals surface area contributed by atoms with Crippen LogP contribution in [-0.4, -0.2) is 10.5 Å². The maximum Gasteiger partial charge on any atom is 0.0866 e. The van der Waals surface area contributed by atoms with Crippen LogP contribution in [0.2, 0.25) is 0 Å². The number of halogens is 1. The van der Waals surface area contributed by atoms with Crippen molar-refractivity contribution in [3.63, 3.8) is 0 Å². The highest BCUT2D eigenvalue weighted by molar-refractivity contribution is 9.10. The summed E-state index contributed by atoms with van der Waals surface area (Å²) in [6.07, 6.45) is 0. The summed E-state index contributed by atoms with van der Waals surface area (Å²) in [6.45, 7) is 6.52. The first-order valence-corrected chi connectivity index (χ1v) is 8.51. The maximum absolute atomic E-state index is 4.77. The molecule has 2 aromatic rings. The lowest BCUT2D eigenvalue weighted by atomic mass is 10.1. The largest absolute Gasteiger partial charge is 0.215 e. The molecule has 1 aromatic heterocycles. The molecule has 4 heteroatoms. The fraction of sp³-hybridized carbons (Fsp3) is 0.267. The van der Waals surface area contributed by atoms with Crippen LogP contribution in [0.3, 0.4) is 0 Å². The molecule has 0 N–H and O–H groups in total. The molecule has 0 aliphatic rings. The quantitative estimate of drug-likeness (QED) is 0.502. The van der Waals surface area contributed by atoms with Gasteiger partial charge in [-0.05, 0) is 56.3 Å². The van der Waals surface area contributed by atoms with E-state index in [0.29, 0.717) is 0 Å². The van der Waals surface area contributed by atoms with Gasteiger partial charge in [0.1, 0.15) is 0 Å². The molecule has 1 nitrogen and oxygen atoms in total. The Morgan fingerprint density at radius 3 is 2.58 bits per heavy atom. The fourth-order valence-corrected chi connectivity index (χ4v) is 3.11. The molecule has 0 saturated heterocycles. The van der Waals surface area contributed by atoms with Gasteiger partial charge in [-0.3, -0.25) is 0 Å². The van der Waals surface area contributed by atoms with Gasteiger partial charge in [0.25, 0.3) is 0 Å². The minimum atomic E-state index is 0.118. The van der Waals surface area contributed by atoms with Gasteiger partial charge in [-0.15, -0.1) is 0 Å². The van der Waals surface area contributed by atoms with Gasteiger partial charge < -0.3 is 0 Å². The first kappa shape index (κ1) is 14.8. The molecular formula is C15H16BrNS2. The van der Waals surface area contributed by atoms with Gasteiger partial charge in [0, 0.05) is 25.7 Å². The van der Waals surface area contributed by atoms with E-state index in [1.54, 1.807) is 23.3 Å². The van der Waals surface area contributed by atoms with Crippen LogP contribution in [0.4, 0.5) is 0 Å². The predicted molar refractivity (Wildman–Crippen MR) is 91.4 cm³/mol. The van der Waals surface area contributed by atoms with E-state index < -0.39 is 0 Å². The third kappa shape index (κ3) is 4.48. The zero-order chi connectivity index (χ0) is 13.9. The Kier molecular flexibility index (Phi) is 4.87. The summed E-state index contributed by atoms with van der Waals surface area (Å²) < 4.78 is 5.96. The first-order valence-electron chi connectivity index (χ1n) is 6.00. The summed E-state index contributed by atoms with van der Waals surface area (Å²) >= 11 is 6.84. The zero-order valence-corrected chi connectivity index (χ0v) is 14.4. The molecule has 0 fully saturated rings. The average Bonchev–Trinajstić information content (AvgIpc) is 2.81. The van der Waals surface area contributed by atoms with Crippen LogP contribution in [0.15, 0.2) is 50.0 Å². The maximum atomic E-state index is 4.77. The first-order chi connectivity index (χ1) is 8.96. The molecule has 0 aliphatic heterocycles. The lowest BCUT2D eigenvalue weighted by Crippen LogP contribution is -2.08. The van der Waals surface area contributed by atoms with Gasteiger partial charge in [-0.2, -0.15) is 11.3 Å². The normalized spacial score (nSPS) is 12.7. The second-order valence-electron chi connectivity index (χ2n) is 5.17. The third-order valence-electron chi connectivity index (χ3n) is 2.30.